The third kappa shape index (κ3) is 5.45. The van der Waals surface area contributed by atoms with Gasteiger partial charge in [0.15, 0.2) is 0 Å². The molecule has 162 valence electrons. The Balaban J connectivity index is 1.41. The van der Waals surface area contributed by atoms with Gasteiger partial charge in [0.2, 0.25) is 0 Å². The van der Waals surface area contributed by atoms with E-state index in [1.807, 2.05) is 4.68 Å². The molecule has 0 radical (unpaired) electrons. The molecular weight excluding hydrogens is 440 g/mol. The van der Waals surface area contributed by atoms with Crippen molar-refractivity contribution in [3.05, 3.63) is 133 Å². The Morgan fingerprint density at radius 3 is 1.33 bits per heavy atom. The largest absolute Gasteiger partial charge is 0.247 e. The van der Waals surface area contributed by atoms with E-state index in [-0.39, 0.29) is 0 Å². The highest BCUT2D eigenvalue weighted by atomic mass is 31.1. The number of benzene rings is 4. The third-order valence-corrected chi connectivity index (χ3v) is 10.4. The van der Waals surface area contributed by atoms with E-state index in [2.05, 4.69) is 138 Å². The zero-order valence-electron chi connectivity index (χ0n) is 18.3. The molecule has 0 N–H and O–H groups in total. The van der Waals surface area contributed by atoms with Crippen LogP contribution in [0, 0.1) is 0 Å². The van der Waals surface area contributed by atoms with Gasteiger partial charge in [-0.3, -0.25) is 0 Å². The van der Waals surface area contributed by atoms with E-state index in [0.29, 0.717) is 0 Å². The van der Waals surface area contributed by atoms with Crippen LogP contribution in [0.15, 0.2) is 128 Å². The molecule has 0 atom stereocenters. The van der Waals surface area contributed by atoms with Gasteiger partial charge in [-0.15, -0.1) is 5.10 Å². The smallest absolute Gasteiger partial charge is 0.0876 e. The lowest BCUT2D eigenvalue weighted by Gasteiger charge is -2.18. The molecule has 1 aromatic heterocycles. The molecule has 3 nitrogen and oxygen atoms in total. The summed E-state index contributed by atoms with van der Waals surface area (Å²) in [6, 6.07) is 43.1. The highest BCUT2D eigenvalue weighted by Gasteiger charge is 2.18. The van der Waals surface area contributed by atoms with Crippen LogP contribution in [0.25, 0.3) is 0 Å². The van der Waals surface area contributed by atoms with Crippen molar-refractivity contribution in [2.45, 2.75) is 12.4 Å². The monoisotopic (exact) mass is 465 g/mol. The summed E-state index contributed by atoms with van der Waals surface area (Å²) < 4.78 is 2.03. The zero-order valence-corrected chi connectivity index (χ0v) is 20.1. The predicted molar refractivity (Wildman–Crippen MR) is 142 cm³/mol. The number of hydrogen-bond acceptors (Lipinski definition) is 2. The first-order valence-electron chi connectivity index (χ1n) is 11.0. The van der Waals surface area contributed by atoms with Crippen molar-refractivity contribution in [1.82, 2.24) is 15.0 Å². The fraction of sp³-hybridized carbons (Fsp3) is 0.0714. The van der Waals surface area contributed by atoms with Crippen LogP contribution in [0.2, 0.25) is 0 Å². The van der Waals surface area contributed by atoms with E-state index in [1.165, 1.54) is 21.2 Å². The molecule has 0 aliphatic rings. The Bertz CT molecular complexity index is 1080. The first-order chi connectivity index (χ1) is 16.4. The summed E-state index contributed by atoms with van der Waals surface area (Å²) in [6.45, 7) is 0. The summed E-state index contributed by atoms with van der Waals surface area (Å²) in [7, 11) is -1.09. The number of aromatic nitrogens is 3. The van der Waals surface area contributed by atoms with Crippen LogP contribution in [0.5, 0.6) is 0 Å². The van der Waals surface area contributed by atoms with Crippen LogP contribution >= 0.6 is 15.8 Å². The van der Waals surface area contributed by atoms with Crippen LogP contribution in [-0.2, 0) is 12.4 Å². The van der Waals surface area contributed by atoms with Gasteiger partial charge in [-0.1, -0.05) is 127 Å². The van der Waals surface area contributed by atoms with E-state index >= 15 is 0 Å². The van der Waals surface area contributed by atoms with Crippen LogP contribution in [0.4, 0.5) is 0 Å². The summed E-state index contributed by atoms with van der Waals surface area (Å²) in [4.78, 5) is 0. The Kier molecular flexibility index (Phi) is 7.02. The summed E-state index contributed by atoms with van der Waals surface area (Å²) in [5, 5.41) is 14.6. The second-order valence-corrected chi connectivity index (χ2v) is 12.1. The highest BCUT2D eigenvalue weighted by molar-refractivity contribution is 7.72. The van der Waals surface area contributed by atoms with Crippen molar-refractivity contribution in [3.63, 3.8) is 0 Å². The molecule has 5 aromatic rings. The first kappa shape index (κ1) is 21.7. The Morgan fingerprint density at radius 1 is 0.515 bits per heavy atom. The van der Waals surface area contributed by atoms with Gasteiger partial charge in [-0.25, -0.2) is 4.68 Å². The molecule has 0 unspecified atom stereocenters. The molecule has 0 saturated carbocycles. The molecule has 0 bridgehead atoms. The summed E-state index contributed by atoms with van der Waals surface area (Å²) in [6.07, 6.45) is 3.85. The van der Waals surface area contributed by atoms with Crippen molar-refractivity contribution in [3.8, 4) is 0 Å². The van der Waals surface area contributed by atoms with Crippen molar-refractivity contribution in [1.29, 1.82) is 0 Å². The first-order valence-corrected chi connectivity index (χ1v) is 14.1. The Morgan fingerprint density at radius 2 is 0.909 bits per heavy atom. The minimum Gasteiger partial charge on any atom is -0.247 e. The molecule has 0 fully saturated rings. The van der Waals surface area contributed by atoms with Gasteiger partial charge in [-0.05, 0) is 37.1 Å². The molecule has 0 spiro atoms. The minimum absolute atomic E-state index is 0.532. The van der Waals surface area contributed by atoms with Gasteiger partial charge in [0.05, 0.1) is 12.0 Å². The Labute approximate surface area is 197 Å². The molecule has 0 amide bonds. The molecule has 33 heavy (non-hydrogen) atoms. The normalized spacial score (nSPS) is 11.2. The van der Waals surface area contributed by atoms with E-state index < -0.39 is 15.8 Å². The van der Waals surface area contributed by atoms with Gasteiger partial charge in [0.1, 0.15) is 0 Å². The average molecular weight is 465 g/mol. The standard InChI is InChI=1S/C28H25N3P2/c1-5-13-25(14-6-1)32(26-15-7-2-8-16-26)22-24-21-31(30-29-24)23-33(27-17-9-3-10-18-27)28-19-11-4-12-20-28/h1-21H,22-23H2. The van der Waals surface area contributed by atoms with Gasteiger partial charge in [0.25, 0.3) is 0 Å². The lowest BCUT2D eigenvalue weighted by atomic mass is 10.4. The maximum atomic E-state index is 4.59. The van der Waals surface area contributed by atoms with Crippen LogP contribution in [-0.4, -0.2) is 15.0 Å². The van der Waals surface area contributed by atoms with Crippen LogP contribution in [0.1, 0.15) is 5.69 Å². The van der Waals surface area contributed by atoms with E-state index in [9.17, 15) is 0 Å². The molecule has 0 aliphatic carbocycles. The second-order valence-electron chi connectivity index (χ2n) is 7.75. The predicted octanol–water partition coefficient (Wildman–Crippen LogP) is 5.00. The fourth-order valence-electron chi connectivity index (χ4n) is 3.86. The topological polar surface area (TPSA) is 30.7 Å². The summed E-state index contributed by atoms with van der Waals surface area (Å²) >= 11 is 0. The average Bonchev–Trinajstić information content (AvgIpc) is 3.35. The van der Waals surface area contributed by atoms with E-state index in [1.54, 1.807) is 0 Å². The third-order valence-electron chi connectivity index (χ3n) is 5.46. The maximum Gasteiger partial charge on any atom is 0.0876 e. The van der Waals surface area contributed by atoms with Gasteiger partial charge < -0.3 is 0 Å². The van der Waals surface area contributed by atoms with Crippen molar-refractivity contribution >= 4 is 37.1 Å². The SMILES string of the molecule is c1ccc(P(Cc2cn(CP(c3ccccc3)c3ccccc3)nn2)c2ccccc2)cc1. The van der Waals surface area contributed by atoms with Gasteiger partial charge in [-0.2, -0.15) is 0 Å². The lowest BCUT2D eigenvalue weighted by Crippen LogP contribution is -2.16. The van der Waals surface area contributed by atoms with Crippen LogP contribution < -0.4 is 21.2 Å². The number of hydrogen-bond donors (Lipinski definition) is 0. The van der Waals surface area contributed by atoms with E-state index in [4.69, 9.17) is 0 Å². The van der Waals surface area contributed by atoms with Gasteiger partial charge >= 0.3 is 0 Å². The lowest BCUT2D eigenvalue weighted by molar-refractivity contribution is 0.697. The quantitative estimate of drug-likeness (QED) is 0.302. The summed E-state index contributed by atoms with van der Waals surface area (Å²) in [5.74, 6) is 0. The minimum atomic E-state index is -0.556. The van der Waals surface area contributed by atoms with Crippen LogP contribution in [0.3, 0.4) is 0 Å². The van der Waals surface area contributed by atoms with Gasteiger partial charge in [0, 0.05) is 12.4 Å². The molecular formula is C28H25N3P2. The summed E-state index contributed by atoms with van der Waals surface area (Å²) in [5.41, 5.74) is 1.05. The number of rotatable bonds is 8. The molecule has 5 rings (SSSR count). The highest BCUT2D eigenvalue weighted by Crippen LogP contribution is 2.38. The molecule has 4 aromatic carbocycles. The van der Waals surface area contributed by atoms with Crippen molar-refractivity contribution in [2.75, 3.05) is 0 Å². The number of nitrogens with zero attached hydrogens (tertiary/aromatic N) is 3. The fourth-order valence-corrected chi connectivity index (χ4v) is 8.18. The van der Waals surface area contributed by atoms with E-state index in [0.717, 1.165) is 18.1 Å². The second kappa shape index (κ2) is 10.7. The molecule has 5 heteroatoms. The Hall–Kier alpha value is -3.12. The van der Waals surface area contributed by atoms with Crippen molar-refractivity contribution < 1.29 is 0 Å². The zero-order chi connectivity index (χ0) is 22.3. The maximum absolute atomic E-state index is 4.59. The van der Waals surface area contributed by atoms with Crippen molar-refractivity contribution in [2.24, 2.45) is 0 Å². The molecule has 1 heterocycles. The molecule has 0 saturated heterocycles. The molecule has 0 aliphatic heterocycles.